The number of fused-ring (bicyclic) bond motifs is 2. The lowest BCUT2D eigenvalue weighted by molar-refractivity contribution is -0.274. The average molecular weight is 427 g/mol. The molecule has 5 rings (SSSR count). The van der Waals surface area contributed by atoms with Gasteiger partial charge in [0.1, 0.15) is 16.8 Å². The summed E-state index contributed by atoms with van der Waals surface area (Å²) in [6, 6.07) is 14.1. The molecule has 0 saturated heterocycles. The lowest BCUT2D eigenvalue weighted by atomic mass is 10.1. The van der Waals surface area contributed by atoms with Gasteiger partial charge in [-0.2, -0.15) is 0 Å². The fourth-order valence-electron chi connectivity index (χ4n) is 3.24. The van der Waals surface area contributed by atoms with E-state index in [0.717, 1.165) is 5.56 Å². The molecular formula is C20H12F3N5O3. The van der Waals surface area contributed by atoms with Crippen molar-refractivity contribution in [1.29, 1.82) is 0 Å². The summed E-state index contributed by atoms with van der Waals surface area (Å²) in [5.74, 6) is -0.318. The van der Waals surface area contributed by atoms with Crippen molar-refractivity contribution < 1.29 is 22.5 Å². The molecule has 0 N–H and O–H groups in total. The monoisotopic (exact) mass is 427 g/mol. The summed E-state index contributed by atoms with van der Waals surface area (Å²) in [6.07, 6.45) is -3.16. The molecule has 0 bridgehead atoms. The summed E-state index contributed by atoms with van der Waals surface area (Å²) >= 11 is 0. The Bertz CT molecular complexity index is 1450. The number of pyridine rings is 1. The lowest BCUT2D eigenvalue weighted by Gasteiger charge is -2.09. The maximum absolute atomic E-state index is 12.8. The van der Waals surface area contributed by atoms with Gasteiger partial charge in [0.15, 0.2) is 5.65 Å². The molecule has 0 unspecified atom stereocenters. The standard InChI is InChI=1S/C20H12F3N5O3/c21-20(22,23)30-15-5-2-13(3-6-15)14-4-8-18-24-28(19(29)27(18)11-14)10-12-1-7-16-17(9-12)26-31-25-16/h1-9,11H,10H2. The van der Waals surface area contributed by atoms with Crippen molar-refractivity contribution in [2.45, 2.75) is 12.9 Å². The molecule has 0 aliphatic rings. The molecule has 2 aromatic carbocycles. The summed E-state index contributed by atoms with van der Waals surface area (Å²) in [5, 5.41) is 11.9. The third kappa shape index (κ3) is 3.72. The Morgan fingerprint density at radius 2 is 1.68 bits per heavy atom. The van der Waals surface area contributed by atoms with Crippen molar-refractivity contribution >= 4 is 16.7 Å². The molecule has 0 fully saturated rings. The van der Waals surface area contributed by atoms with E-state index in [9.17, 15) is 18.0 Å². The van der Waals surface area contributed by atoms with Gasteiger partial charge in [-0.25, -0.2) is 18.5 Å². The van der Waals surface area contributed by atoms with Crippen LogP contribution in [0.25, 0.3) is 27.8 Å². The second-order valence-corrected chi connectivity index (χ2v) is 6.75. The van der Waals surface area contributed by atoms with E-state index in [2.05, 4.69) is 24.8 Å². The highest BCUT2D eigenvalue weighted by atomic mass is 19.4. The summed E-state index contributed by atoms with van der Waals surface area (Å²) in [7, 11) is 0. The molecule has 156 valence electrons. The molecule has 31 heavy (non-hydrogen) atoms. The van der Waals surface area contributed by atoms with Gasteiger partial charge in [-0.3, -0.25) is 0 Å². The molecular weight excluding hydrogens is 415 g/mol. The number of benzene rings is 2. The second kappa shape index (κ2) is 6.97. The summed E-state index contributed by atoms with van der Waals surface area (Å²) in [4.78, 5) is 12.8. The molecule has 0 amide bonds. The Hall–Kier alpha value is -4.15. The number of hydrogen-bond donors (Lipinski definition) is 0. The molecule has 8 nitrogen and oxygen atoms in total. The number of aromatic nitrogens is 5. The zero-order valence-electron chi connectivity index (χ0n) is 15.6. The predicted molar refractivity (Wildman–Crippen MR) is 102 cm³/mol. The molecule has 0 radical (unpaired) electrons. The van der Waals surface area contributed by atoms with Crippen LogP contribution in [0.1, 0.15) is 5.56 Å². The third-order valence-corrected chi connectivity index (χ3v) is 4.65. The van der Waals surface area contributed by atoms with Crippen LogP contribution in [0.15, 0.2) is 70.2 Å². The zero-order valence-corrected chi connectivity index (χ0v) is 15.6. The van der Waals surface area contributed by atoms with E-state index in [-0.39, 0.29) is 18.0 Å². The Morgan fingerprint density at radius 3 is 2.45 bits per heavy atom. The van der Waals surface area contributed by atoms with Crippen molar-refractivity contribution in [3.63, 3.8) is 0 Å². The quantitative estimate of drug-likeness (QED) is 0.435. The molecule has 0 saturated carbocycles. The molecule has 3 aromatic heterocycles. The first kappa shape index (κ1) is 18.9. The van der Waals surface area contributed by atoms with Crippen LogP contribution in [-0.2, 0) is 6.54 Å². The normalized spacial score (nSPS) is 12.0. The SMILES string of the molecule is O=c1n(Cc2ccc3nonc3c2)nc2ccc(-c3ccc(OC(F)(F)F)cc3)cn12. The van der Waals surface area contributed by atoms with E-state index in [4.69, 9.17) is 0 Å². The van der Waals surface area contributed by atoms with E-state index in [1.165, 1.54) is 33.3 Å². The van der Waals surface area contributed by atoms with Gasteiger partial charge in [0.2, 0.25) is 0 Å². The first-order valence-electron chi connectivity index (χ1n) is 9.02. The molecule has 0 atom stereocenters. The first-order valence-corrected chi connectivity index (χ1v) is 9.02. The zero-order chi connectivity index (χ0) is 21.6. The van der Waals surface area contributed by atoms with Gasteiger partial charge >= 0.3 is 12.1 Å². The number of rotatable bonds is 4. The number of hydrogen-bond acceptors (Lipinski definition) is 6. The van der Waals surface area contributed by atoms with E-state index >= 15 is 0 Å². The van der Waals surface area contributed by atoms with E-state index < -0.39 is 6.36 Å². The van der Waals surface area contributed by atoms with Gasteiger partial charge < -0.3 is 4.74 Å². The minimum atomic E-state index is -4.75. The maximum atomic E-state index is 12.8. The van der Waals surface area contributed by atoms with Crippen LogP contribution in [0, 0.1) is 0 Å². The Morgan fingerprint density at radius 1 is 0.935 bits per heavy atom. The molecule has 0 aliphatic carbocycles. The largest absolute Gasteiger partial charge is 0.573 e. The van der Waals surface area contributed by atoms with Crippen molar-refractivity contribution in [2.24, 2.45) is 0 Å². The van der Waals surface area contributed by atoms with Gasteiger partial charge in [-0.05, 0) is 63.4 Å². The Kier molecular flexibility index (Phi) is 4.24. The average Bonchev–Trinajstić information content (AvgIpc) is 3.32. The number of ether oxygens (including phenoxy) is 1. The minimum absolute atomic E-state index is 0.224. The van der Waals surface area contributed by atoms with Gasteiger partial charge in [-0.1, -0.05) is 18.2 Å². The highest BCUT2D eigenvalue weighted by Gasteiger charge is 2.30. The Balaban J connectivity index is 1.45. The molecule has 3 heterocycles. The summed E-state index contributed by atoms with van der Waals surface area (Å²) < 4.78 is 48.2. The van der Waals surface area contributed by atoms with Crippen LogP contribution >= 0.6 is 0 Å². The lowest BCUT2D eigenvalue weighted by Crippen LogP contribution is -2.21. The van der Waals surface area contributed by atoms with E-state index in [1.54, 1.807) is 36.5 Å². The van der Waals surface area contributed by atoms with Crippen molar-refractivity contribution in [1.82, 2.24) is 24.5 Å². The second-order valence-electron chi connectivity index (χ2n) is 6.75. The minimum Gasteiger partial charge on any atom is -0.406 e. The summed E-state index contributed by atoms with van der Waals surface area (Å²) in [6.45, 7) is 0.224. The predicted octanol–water partition coefficient (Wildman–Crippen LogP) is 3.65. The van der Waals surface area contributed by atoms with Gasteiger partial charge in [0, 0.05) is 6.20 Å². The van der Waals surface area contributed by atoms with Crippen LogP contribution in [0.2, 0.25) is 0 Å². The number of nitrogens with zero attached hydrogens (tertiary/aromatic N) is 5. The first-order chi connectivity index (χ1) is 14.9. The maximum Gasteiger partial charge on any atom is 0.573 e. The molecule has 0 aliphatic heterocycles. The van der Waals surface area contributed by atoms with Gasteiger partial charge in [0.25, 0.3) is 0 Å². The van der Waals surface area contributed by atoms with Crippen LogP contribution in [0.3, 0.4) is 0 Å². The smallest absolute Gasteiger partial charge is 0.406 e. The molecule has 11 heteroatoms. The fourth-order valence-corrected chi connectivity index (χ4v) is 3.24. The highest BCUT2D eigenvalue weighted by molar-refractivity contribution is 5.73. The fraction of sp³-hybridized carbons (Fsp3) is 0.100. The van der Waals surface area contributed by atoms with Gasteiger partial charge in [0.05, 0.1) is 6.54 Å². The van der Waals surface area contributed by atoms with Crippen LogP contribution in [-0.4, -0.2) is 30.9 Å². The van der Waals surface area contributed by atoms with Crippen molar-refractivity contribution in [3.8, 4) is 16.9 Å². The van der Waals surface area contributed by atoms with E-state index in [0.29, 0.717) is 27.8 Å². The summed E-state index contributed by atoms with van der Waals surface area (Å²) in [5.41, 5.74) is 3.34. The molecule has 0 spiro atoms. The van der Waals surface area contributed by atoms with Crippen LogP contribution in [0.4, 0.5) is 13.2 Å². The highest BCUT2D eigenvalue weighted by Crippen LogP contribution is 2.26. The molecule has 5 aromatic rings. The van der Waals surface area contributed by atoms with Crippen molar-refractivity contribution in [3.05, 3.63) is 76.8 Å². The van der Waals surface area contributed by atoms with E-state index in [1.807, 2.05) is 0 Å². The van der Waals surface area contributed by atoms with Crippen LogP contribution < -0.4 is 10.4 Å². The van der Waals surface area contributed by atoms with Gasteiger partial charge in [-0.15, -0.1) is 18.3 Å². The number of halogens is 3. The van der Waals surface area contributed by atoms with Crippen LogP contribution in [0.5, 0.6) is 5.75 Å². The Labute approximate surface area is 171 Å². The third-order valence-electron chi connectivity index (χ3n) is 4.65. The topological polar surface area (TPSA) is 87.5 Å². The number of alkyl halides is 3. The van der Waals surface area contributed by atoms with Crippen molar-refractivity contribution in [2.75, 3.05) is 0 Å².